The Hall–Kier alpha value is -3.17. The first kappa shape index (κ1) is 21.5. The molecule has 1 amide bonds. The third kappa shape index (κ3) is 4.87. The van der Waals surface area contributed by atoms with Crippen LogP contribution in [0, 0.1) is 0 Å². The molecule has 10 heteroatoms. The predicted molar refractivity (Wildman–Crippen MR) is 118 cm³/mol. The third-order valence-electron chi connectivity index (χ3n) is 4.14. The van der Waals surface area contributed by atoms with E-state index in [1.165, 1.54) is 29.3 Å². The maximum absolute atomic E-state index is 12.8. The molecule has 0 saturated heterocycles. The number of aromatic nitrogens is 1. The Kier molecular flexibility index (Phi) is 6.23. The minimum absolute atomic E-state index is 0.0102. The van der Waals surface area contributed by atoms with Gasteiger partial charge in [-0.2, -0.15) is 8.42 Å². The van der Waals surface area contributed by atoms with Gasteiger partial charge in [-0.3, -0.25) is 9.59 Å². The van der Waals surface area contributed by atoms with Crippen LogP contribution in [0.4, 0.5) is 5.69 Å². The highest BCUT2D eigenvalue weighted by Crippen LogP contribution is 2.27. The molecular weight excluding hydrogens is 428 g/mol. The Bertz CT molecular complexity index is 1300. The van der Waals surface area contributed by atoms with Crippen LogP contribution in [0.1, 0.15) is 5.56 Å². The minimum Gasteiger partial charge on any atom is -0.368 e. The quantitative estimate of drug-likeness (QED) is 0.446. The number of benzene rings is 2. The number of hydrogen-bond donors (Lipinski definition) is 2. The summed E-state index contributed by atoms with van der Waals surface area (Å²) in [5.74, 6) is -0.407. The van der Waals surface area contributed by atoms with Gasteiger partial charge in [0.25, 0.3) is 15.6 Å². The van der Waals surface area contributed by atoms with Crippen LogP contribution in [-0.4, -0.2) is 44.6 Å². The first-order chi connectivity index (χ1) is 14.2. The number of rotatable bonds is 6. The molecule has 3 rings (SSSR count). The highest BCUT2D eigenvalue weighted by Gasteiger charge is 2.19. The maximum atomic E-state index is 12.8. The van der Waals surface area contributed by atoms with Gasteiger partial charge >= 0.3 is 0 Å². The summed E-state index contributed by atoms with van der Waals surface area (Å²) in [5, 5.41) is 3.41. The zero-order chi connectivity index (χ0) is 21.9. The number of halogens is 1. The van der Waals surface area contributed by atoms with Gasteiger partial charge in [0.15, 0.2) is 0 Å². The number of carbonyl (C=O) groups excluding carboxylic acids is 1. The lowest BCUT2D eigenvalue weighted by molar-refractivity contribution is -0.115. The summed E-state index contributed by atoms with van der Waals surface area (Å²) < 4.78 is 29.2. The van der Waals surface area contributed by atoms with Gasteiger partial charge in [0.2, 0.25) is 5.91 Å². The zero-order valence-electron chi connectivity index (χ0n) is 16.2. The molecule has 156 valence electrons. The SMILES string of the molecule is CN(C)C=NS(=O)(=O)c1cc(NC(=O)Cc2ccccc2Cl)cc2c(=O)[nH]ccc12. The number of fused-ring (bicyclic) bond motifs is 1. The number of H-pyrrole nitrogens is 1. The van der Waals surface area contributed by atoms with Gasteiger partial charge in [-0.05, 0) is 29.8 Å². The van der Waals surface area contributed by atoms with Gasteiger partial charge in [0, 0.05) is 36.4 Å². The second kappa shape index (κ2) is 8.68. The standard InChI is InChI=1S/C20H19ClN4O4S/c1-25(2)12-23-30(28,29)18-11-14(10-16-15(18)7-8-22-20(16)27)24-19(26)9-13-5-3-4-6-17(13)21/h3-8,10-12H,9H2,1-2H3,(H,22,27)(H,24,26). The fraction of sp³-hybridized carbons (Fsp3) is 0.150. The van der Waals surface area contributed by atoms with Gasteiger partial charge in [-0.1, -0.05) is 29.8 Å². The fourth-order valence-electron chi connectivity index (χ4n) is 2.78. The Morgan fingerprint density at radius 1 is 1.20 bits per heavy atom. The van der Waals surface area contributed by atoms with Crippen LogP contribution in [-0.2, 0) is 21.2 Å². The second-order valence-electron chi connectivity index (χ2n) is 6.72. The van der Waals surface area contributed by atoms with Crippen molar-refractivity contribution in [3.8, 4) is 0 Å². The number of nitrogens with one attached hydrogen (secondary N) is 2. The molecule has 2 N–H and O–H groups in total. The zero-order valence-corrected chi connectivity index (χ0v) is 17.8. The van der Waals surface area contributed by atoms with Gasteiger partial charge in [0.05, 0.1) is 16.7 Å². The van der Waals surface area contributed by atoms with Crippen molar-refractivity contribution in [1.29, 1.82) is 0 Å². The summed E-state index contributed by atoms with van der Waals surface area (Å²) in [6.45, 7) is 0. The van der Waals surface area contributed by atoms with Gasteiger partial charge in [-0.25, -0.2) is 0 Å². The Morgan fingerprint density at radius 2 is 1.93 bits per heavy atom. The van der Waals surface area contributed by atoms with Crippen LogP contribution in [0.25, 0.3) is 10.8 Å². The highest BCUT2D eigenvalue weighted by atomic mass is 35.5. The first-order valence-corrected chi connectivity index (χ1v) is 10.6. The molecule has 8 nitrogen and oxygen atoms in total. The molecule has 0 bridgehead atoms. The molecule has 0 aliphatic carbocycles. The van der Waals surface area contributed by atoms with E-state index in [-0.39, 0.29) is 27.8 Å². The normalized spacial score (nSPS) is 11.7. The molecule has 0 radical (unpaired) electrons. The number of amides is 1. The molecule has 0 fully saturated rings. The minimum atomic E-state index is -4.12. The van der Waals surface area contributed by atoms with Crippen LogP contribution in [0.3, 0.4) is 0 Å². The van der Waals surface area contributed by atoms with Gasteiger partial charge < -0.3 is 15.2 Å². The van der Waals surface area contributed by atoms with Crippen molar-refractivity contribution in [2.24, 2.45) is 4.40 Å². The number of aromatic amines is 1. The van der Waals surface area contributed by atoms with Crippen molar-refractivity contribution in [2.75, 3.05) is 19.4 Å². The summed E-state index contributed by atoms with van der Waals surface area (Å²) in [5.41, 5.74) is 0.302. The van der Waals surface area contributed by atoms with Crippen molar-refractivity contribution in [1.82, 2.24) is 9.88 Å². The van der Waals surface area contributed by atoms with Crippen LogP contribution in [0.5, 0.6) is 0 Å². The highest BCUT2D eigenvalue weighted by molar-refractivity contribution is 7.90. The lowest BCUT2D eigenvalue weighted by atomic mass is 10.1. The maximum Gasteiger partial charge on any atom is 0.284 e. The monoisotopic (exact) mass is 446 g/mol. The van der Waals surface area contributed by atoms with E-state index in [0.717, 1.165) is 6.34 Å². The summed E-state index contributed by atoms with van der Waals surface area (Å²) in [7, 11) is -0.856. The van der Waals surface area contributed by atoms with E-state index >= 15 is 0 Å². The molecule has 2 aromatic carbocycles. The van der Waals surface area contributed by atoms with Crippen molar-refractivity contribution < 1.29 is 13.2 Å². The average Bonchev–Trinajstić information content (AvgIpc) is 2.68. The molecular formula is C20H19ClN4O4S. The molecule has 1 aromatic heterocycles. The topological polar surface area (TPSA) is 112 Å². The van der Waals surface area contributed by atoms with E-state index in [2.05, 4.69) is 14.7 Å². The van der Waals surface area contributed by atoms with Crippen molar-refractivity contribution in [3.05, 3.63) is 69.6 Å². The van der Waals surface area contributed by atoms with Crippen molar-refractivity contribution in [2.45, 2.75) is 11.3 Å². The number of pyridine rings is 1. The molecule has 0 aliphatic rings. The van der Waals surface area contributed by atoms with Crippen LogP contribution >= 0.6 is 11.6 Å². The lowest BCUT2D eigenvalue weighted by Crippen LogP contribution is -2.16. The van der Waals surface area contributed by atoms with Crippen molar-refractivity contribution in [3.63, 3.8) is 0 Å². The van der Waals surface area contributed by atoms with E-state index in [1.807, 2.05) is 0 Å². The van der Waals surface area contributed by atoms with E-state index < -0.39 is 21.5 Å². The summed E-state index contributed by atoms with van der Waals surface area (Å²) in [6, 6.07) is 11.1. The Balaban J connectivity index is 2.04. The summed E-state index contributed by atoms with van der Waals surface area (Å²) in [6.07, 6.45) is 2.50. The number of nitrogens with zero attached hydrogens (tertiary/aromatic N) is 2. The number of anilines is 1. The first-order valence-electron chi connectivity index (χ1n) is 8.83. The number of carbonyl (C=O) groups is 1. The number of sulfonamides is 1. The molecule has 3 aromatic rings. The van der Waals surface area contributed by atoms with Gasteiger partial charge in [0.1, 0.15) is 6.34 Å². The fourth-order valence-corrected chi connectivity index (χ4v) is 4.14. The summed E-state index contributed by atoms with van der Waals surface area (Å²) in [4.78, 5) is 28.6. The molecule has 0 unspecified atom stereocenters. The van der Waals surface area contributed by atoms with Crippen LogP contribution in [0.2, 0.25) is 5.02 Å². The molecule has 1 heterocycles. The van der Waals surface area contributed by atoms with Crippen molar-refractivity contribution >= 4 is 50.3 Å². The smallest absolute Gasteiger partial charge is 0.284 e. The molecule has 0 atom stereocenters. The van der Waals surface area contributed by atoms with E-state index in [9.17, 15) is 18.0 Å². The number of hydrogen-bond acceptors (Lipinski definition) is 4. The molecule has 30 heavy (non-hydrogen) atoms. The second-order valence-corrected chi connectivity index (χ2v) is 8.73. The average molecular weight is 447 g/mol. The van der Waals surface area contributed by atoms with E-state index in [0.29, 0.717) is 10.6 Å². The molecule has 0 aliphatic heterocycles. The van der Waals surface area contributed by atoms with E-state index in [1.54, 1.807) is 38.4 Å². The predicted octanol–water partition coefficient (Wildman–Crippen LogP) is 2.64. The Labute approximate surface area is 178 Å². The van der Waals surface area contributed by atoms with Crippen LogP contribution < -0.4 is 10.9 Å². The van der Waals surface area contributed by atoms with E-state index in [4.69, 9.17) is 11.6 Å². The Morgan fingerprint density at radius 3 is 2.63 bits per heavy atom. The lowest BCUT2D eigenvalue weighted by Gasteiger charge is -2.11. The van der Waals surface area contributed by atoms with Crippen LogP contribution in [0.15, 0.2) is 62.7 Å². The molecule has 0 spiro atoms. The van der Waals surface area contributed by atoms with Gasteiger partial charge in [-0.15, -0.1) is 4.40 Å². The summed E-state index contributed by atoms with van der Waals surface area (Å²) >= 11 is 6.09. The third-order valence-corrected chi connectivity index (χ3v) is 5.77. The molecule has 0 saturated carbocycles. The largest absolute Gasteiger partial charge is 0.368 e.